The topological polar surface area (TPSA) is 90.9 Å². The molecule has 1 unspecified atom stereocenters. The van der Waals surface area contributed by atoms with Crippen LogP contribution in [0, 0.1) is 6.92 Å². The highest BCUT2D eigenvalue weighted by atomic mass is 16.5. The first-order valence-corrected chi connectivity index (χ1v) is 6.44. The van der Waals surface area contributed by atoms with Crippen molar-refractivity contribution in [3.8, 4) is 5.75 Å². The first-order chi connectivity index (χ1) is 9.58. The van der Waals surface area contributed by atoms with Gasteiger partial charge >= 0.3 is 0 Å². The Bertz CT molecular complexity index is 563. The molecule has 2 aromatic rings. The molecule has 0 aromatic carbocycles. The van der Waals surface area contributed by atoms with Crippen molar-refractivity contribution in [2.24, 2.45) is 5.84 Å². The molecular formula is C13H20N6O. The van der Waals surface area contributed by atoms with E-state index in [1.54, 1.807) is 25.7 Å². The number of aromatic nitrogens is 4. The Labute approximate surface area is 118 Å². The zero-order chi connectivity index (χ0) is 14.7. The van der Waals surface area contributed by atoms with E-state index in [4.69, 9.17) is 10.6 Å². The van der Waals surface area contributed by atoms with Crippen molar-refractivity contribution in [3.05, 3.63) is 35.7 Å². The molecule has 2 aromatic heterocycles. The molecule has 2 rings (SSSR count). The summed E-state index contributed by atoms with van der Waals surface area (Å²) >= 11 is 0. The Kier molecular flexibility index (Phi) is 4.31. The average molecular weight is 276 g/mol. The second kappa shape index (κ2) is 5.98. The number of nitrogens with zero attached hydrogens (tertiary/aromatic N) is 4. The molecule has 0 bridgehead atoms. The molecule has 7 nitrogen and oxygen atoms in total. The van der Waals surface area contributed by atoms with Gasteiger partial charge in [-0.3, -0.25) is 20.5 Å². The number of hydrogen-bond acceptors (Lipinski definition) is 6. The summed E-state index contributed by atoms with van der Waals surface area (Å²) in [7, 11) is 1.61. The van der Waals surface area contributed by atoms with E-state index in [0.29, 0.717) is 5.75 Å². The number of nitrogens with one attached hydrogen (secondary N) is 1. The predicted octanol–water partition coefficient (Wildman–Crippen LogP) is 1.12. The van der Waals surface area contributed by atoms with E-state index in [0.717, 1.165) is 17.1 Å². The van der Waals surface area contributed by atoms with Gasteiger partial charge in [-0.1, -0.05) is 0 Å². The molecule has 0 fully saturated rings. The minimum atomic E-state index is -0.331. The Hall–Kier alpha value is -1.99. The molecule has 20 heavy (non-hydrogen) atoms. The Balaban J connectivity index is 2.50. The SMILES string of the molecule is COc1cnn(C(C)C)c1C(NN)c1cnc(C)cn1. The fraction of sp³-hybridized carbons (Fsp3) is 0.462. The summed E-state index contributed by atoms with van der Waals surface area (Å²) in [5, 5.41) is 4.35. The summed E-state index contributed by atoms with van der Waals surface area (Å²) in [6.45, 7) is 5.98. The molecule has 0 aliphatic carbocycles. The van der Waals surface area contributed by atoms with Crippen LogP contribution in [0.5, 0.6) is 5.75 Å². The number of ether oxygens (including phenoxy) is 1. The normalized spacial score (nSPS) is 12.7. The molecule has 7 heteroatoms. The summed E-state index contributed by atoms with van der Waals surface area (Å²) < 4.78 is 7.24. The van der Waals surface area contributed by atoms with Crippen molar-refractivity contribution in [3.63, 3.8) is 0 Å². The molecule has 2 heterocycles. The second-order valence-electron chi connectivity index (χ2n) is 4.82. The van der Waals surface area contributed by atoms with Gasteiger partial charge in [-0.05, 0) is 20.8 Å². The molecule has 0 aliphatic rings. The molecule has 0 aliphatic heterocycles. The van der Waals surface area contributed by atoms with Crippen LogP contribution in [0.3, 0.4) is 0 Å². The third kappa shape index (κ3) is 2.63. The summed E-state index contributed by atoms with van der Waals surface area (Å²) in [4.78, 5) is 8.64. The van der Waals surface area contributed by atoms with Gasteiger partial charge in [0, 0.05) is 12.2 Å². The average Bonchev–Trinajstić information content (AvgIpc) is 2.86. The molecule has 0 amide bonds. The van der Waals surface area contributed by atoms with Gasteiger partial charge in [0.05, 0.1) is 30.9 Å². The molecule has 0 saturated heterocycles. The summed E-state index contributed by atoms with van der Waals surface area (Å²) in [6.07, 6.45) is 5.10. The quantitative estimate of drug-likeness (QED) is 0.628. The first kappa shape index (κ1) is 14.4. The summed E-state index contributed by atoms with van der Waals surface area (Å²) in [5.74, 6) is 6.38. The van der Waals surface area contributed by atoms with E-state index in [9.17, 15) is 0 Å². The lowest BCUT2D eigenvalue weighted by atomic mass is 10.1. The van der Waals surface area contributed by atoms with Gasteiger partial charge in [0.2, 0.25) is 0 Å². The Morgan fingerprint density at radius 3 is 2.50 bits per heavy atom. The lowest BCUT2D eigenvalue weighted by Crippen LogP contribution is -2.32. The fourth-order valence-electron chi connectivity index (χ4n) is 2.06. The molecule has 1 atom stereocenters. The largest absolute Gasteiger partial charge is 0.493 e. The van der Waals surface area contributed by atoms with Crippen LogP contribution >= 0.6 is 0 Å². The third-order valence-corrected chi connectivity index (χ3v) is 3.04. The van der Waals surface area contributed by atoms with E-state index in [-0.39, 0.29) is 12.1 Å². The van der Waals surface area contributed by atoms with Gasteiger partial charge in [0.15, 0.2) is 5.75 Å². The van der Waals surface area contributed by atoms with Gasteiger partial charge in [-0.15, -0.1) is 0 Å². The predicted molar refractivity (Wildman–Crippen MR) is 75.1 cm³/mol. The van der Waals surface area contributed by atoms with Crippen molar-refractivity contribution < 1.29 is 4.74 Å². The van der Waals surface area contributed by atoms with Gasteiger partial charge < -0.3 is 4.74 Å². The van der Waals surface area contributed by atoms with Crippen LogP contribution in [0.15, 0.2) is 18.6 Å². The lowest BCUT2D eigenvalue weighted by Gasteiger charge is -2.20. The minimum absolute atomic E-state index is 0.183. The van der Waals surface area contributed by atoms with Crippen molar-refractivity contribution in [2.45, 2.75) is 32.9 Å². The molecule has 108 valence electrons. The van der Waals surface area contributed by atoms with E-state index >= 15 is 0 Å². The smallest absolute Gasteiger partial charge is 0.162 e. The summed E-state index contributed by atoms with van der Waals surface area (Å²) in [5.41, 5.74) is 5.18. The third-order valence-electron chi connectivity index (χ3n) is 3.04. The highest BCUT2D eigenvalue weighted by molar-refractivity contribution is 5.33. The number of methoxy groups -OCH3 is 1. The maximum atomic E-state index is 5.71. The minimum Gasteiger partial charge on any atom is -0.493 e. The summed E-state index contributed by atoms with van der Waals surface area (Å²) in [6, 6.07) is -0.147. The van der Waals surface area contributed by atoms with Crippen molar-refractivity contribution in [1.29, 1.82) is 0 Å². The number of rotatable bonds is 5. The Morgan fingerprint density at radius 2 is 2.00 bits per heavy atom. The zero-order valence-electron chi connectivity index (χ0n) is 12.2. The van der Waals surface area contributed by atoms with E-state index in [1.165, 1.54) is 0 Å². The van der Waals surface area contributed by atoms with Gasteiger partial charge in [0.25, 0.3) is 0 Å². The van der Waals surface area contributed by atoms with E-state index < -0.39 is 0 Å². The fourth-order valence-corrected chi connectivity index (χ4v) is 2.06. The van der Waals surface area contributed by atoms with Crippen LogP contribution in [-0.2, 0) is 0 Å². The van der Waals surface area contributed by atoms with Crippen LogP contribution in [-0.4, -0.2) is 26.9 Å². The first-order valence-electron chi connectivity index (χ1n) is 6.44. The zero-order valence-corrected chi connectivity index (χ0v) is 12.2. The second-order valence-corrected chi connectivity index (χ2v) is 4.82. The van der Waals surface area contributed by atoms with Crippen LogP contribution in [0.4, 0.5) is 0 Å². The molecule has 0 spiro atoms. The van der Waals surface area contributed by atoms with Gasteiger partial charge in [-0.2, -0.15) is 5.10 Å². The maximum Gasteiger partial charge on any atom is 0.162 e. The number of nitrogens with two attached hydrogens (primary N) is 1. The monoisotopic (exact) mass is 276 g/mol. The van der Waals surface area contributed by atoms with Crippen LogP contribution < -0.4 is 16.0 Å². The molecule has 3 N–H and O–H groups in total. The van der Waals surface area contributed by atoms with E-state index in [2.05, 4.69) is 20.5 Å². The lowest BCUT2D eigenvalue weighted by molar-refractivity contribution is 0.393. The van der Waals surface area contributed by atoms with Crippen molar-refractivity contribution in [1.82, 2.24) is 25.2 Å². The molecule has 0 saturated carbocycles. The highest BCUT2D eigenvalue weighted by Crippen LogP contribution is 2.30. The number of aryl methyl sites for hydroxylation is 1. The van der Waals surface area contributed by atoms with Crippen LogP contribution in [0.2, 0.25) is 0 Å². The van der Waals surface area contributed by atoms with E-state index in [1.807, 2.05) is 25.5 Å². The molecule has 0 radical (unpaired) electrons. The van der Waals surface area contributed by atoms with Crippen LogP contribution in [0.25, 0.3) is 0 Å². The highest BCUT2D eigenvalue weighted by Gasteiger charge is 2.25. The van der Waals surface area contributed by atoms with Gasteiger partial charge in [-0.25, -0.2) is 5.43 Å². The Morgan fingerprint density at radius 1 is 1.25 bits per heavy atom. The van der Waals surface area contributed by atoms with Gasteiger partial charge in [0.1, 0.15) is 11.7 Å². The standard InChI is InChI=1S/C13H20N6O/c1-8(2)19-13(11(20-4)7-17-19)12(18-14)10-6-15-9(3)5-16-10/h5-8,12,18H,14H2,1-4H3. The number of hydrogen-bond donors (Lipinski definition) is 2. The number of hydrazine groups is 1. The molecular weight excluding hydrogens is 256 g/mol. The maximum absolute atomic E-state index is 5.71. The van der Waals surface area contributed by atoms with Crippen molar-refractivity contribution >= 4 is 0 Å². The van der Waals surface area contributed by atoms with Crippen LogP contribution in [0.1, 0.15) is 43.0 Å². The van der Waals surface area contributed by atoms with Crippen molar-refractivity contribution in [2.75, 3.05) is 7.11 Å².